The number of aromatic nitrogens is 1. The average Bonchev–Trinajstić information content (AvgIpc) is 4.07. The number of ether oxygens (including phenoxy) is 6. The number of benzene rings is 3. The number of hydrogen-bond acceptors (Lipinski definition) is 12. The molecule has 312 valence electrons. The topological polar surface area (TPSA) is 135 Å². The van der Waals surface area contributed by atoms with Crippen LogP contribution in [-0.2, 0) is 30.2 Å². The van der Waals surface area contributed by atoms with Gasteiger partial charge in [-0.3, -0.25) is 9.88 Å². The van der Waals surface area contributed by atoms with Crippen LogP contribution in [0.5, 0.6) is 17.2 Å². The number of methoxy groups -OCH3 is 1. The molecule has 12 nitrogen and oxygen atoms in total. The third-order valence-corrected chi connectivity index (χ3v) is 11.3. The highest BCUT2D eigenvalue weighted by Gasteiger charge is 2.38. The van der Waals surface area contributed by atoms with Crippen molar-refractivity contribution in [3.63, 3.8) is 0 Å². The number of carbonyl (C=O) groups is 3. The van der Waals surface area contributed by atoms with Gasteiger partial charge in [0.05, 0.1) is 29.3 Å². The number of nitrogens with zero attached hydrogens (tertiary/aromatic N) is 2. The predicted octanol–water partition coefficient (Wildman–Crippen LogP) is 8.26. The highest BCUT2D eigenvalue weighted by molar-refractivity contribution is 6.35. The lowest BCUT2D eigenvalue weighted by molar-refractivity contribution is -0.160. The largest absolute Gasteiger partial charge is 0.497 e. The number of alkyl halides is 2. The van der Waals surface area contributed by atoms with Crippen LogP contribution < -0.4 is 19.5 Å². The highest BCUT2D eigenvalue weighted by atomic mass is 35.5. The van der Waals surface area contributed by atoms with Crippen LogP contribution in [-0.4, -0.2) is 80.5 Å². The summed E-state index contributed by atoms with van der Waals surface area (Å²) >= 11 is 12.8. The molecule has 4 heterocycles. The zero-order valence-corrected chi connectivity index (χ0v) is 33.6. The molecule has 3 aromatic carbocycles. The molecule has 4 aromatic rings. The number of rotatable bonds is 18. The maximum Gasteiger partial charge on any atom is 0.387 e. The minimum atomic E-state index is -3.09. The minimum Gasteiger partial charge on any atom is -0.497 e. The standard InChI is InChI=1S/C43H43Cl2F2N3O9/c1-54-31-7-3-4-28(17-31)40(42(53)58-38-22-50-14-12-26(38)13-15-50)49-30-6-2-5-29(16-30)41(52)56-24-39(51)57-36(19-32-33(44)20-48-21-34(32)45)27-10-11-35(59-43(46)47)37(18-27)55-23-25-8-9-25/h2-7,10-11,16-18,20-21,25-26,36,38,40,43,49H,8-9,12-15,19,22-24H2,1H3/t36-,38-,40?/m0/s1. The second-order valence-electron chi connectivity index (χ2n) is 14.7. The molecule has 0 radical (unpaired) electrons. The molecule has 8 rings (SSSR count). The normalized spacial score (nSPS) is 19.3. The van der Waals surface area contributed by atoms with Crippen molar-refractivity contribution in [1.82, 2.24) is 9.88 Å². The molecule has 1 N–H and O–H groups in total. The summed E-state index contributed by atoms with van der Waals surface area (Å²) in [4.78, 5) is 46.8. The molecule has 3 saturated heterocycles. The Kier molecular flexibility index (Phi) is 13.7. The number of fused-ring (bicyclic) bond motifs is 3. The van der Waals surface area contributed by atoms with Crippen molar-refractivity contribution >= 4 is 46.8 Å². The third-order valence-electron chi connectivity index (χ3n) is 10.6. The lowest BCUT2D eigenvalue weighted by Gasteiger charge is -2.44. The van der Waals surface area contributed by atoms with Crippen LogP contribution in [0.2, 0.25) is 10.0 Å². The molecule has 3 atom stereocenters. The van der Waals surface area contributed by atoms with E-state index in [1.54, 1.807) is 36.4 Å². The summed E-state index contributed by atoms with van der Waals surface area (Å²) in [5, 5.41) is 3.64. The average molecular weight is 855 g/mol. The SMILES string of the molecule is COc1cccc(C(Nc2cccc(C(=O)OCC(=O)O[C@@H](Cc3c(Cl)cncc3Cl)c3ccc(OC(F)F)c(OCC4CC4)c3)c2)C(=O)O[C@H]2CN3CCC2CC3)c1. The molecule has 4 aliphatic rings. The maximum atomic E-state index is 13.8. The molecule has 1 aromatic heterocycles. The van der Waals surface area contributed by atoms with Gasteiger partial charge in [-0.1, -0.05) is 47.5 Å². The van der Waals surface area contributed by atoms with Gasteiger partial charge in [0.2, 0.25) is 0 Å². The molecular weight excluding hydrogens is 811 g/mol. The summed E-state index contributed by atoms with van der Waals surface area (Å²) in [6.45, 7) is -0.884. The summed E-state index contributed by atoms with van der Waals surface area (Å²) in [7, 11) is 1.54. The van der Waals surface area contributed by atoms with E-state index in [0.717, 1.165) is 38.8 Å². The van der Waals surface area contributed by atoms with Gasteiger partial charge in [-0.15, -0.1) is 0 Å². The van der Waals surface area contributed by atoms with Crippen molar-refractivity contribution < 1.29 is 51.6 Å². The van der Waals surface area contributed by atoms with E-state index in [-0.39, 0.29) is 39.6 Å². The summed E-state index contributed by atoms with van der Waals surface area (Å²) in [6.07, 6.45) is 5.30. The fourth-order valence-corrected chi connectivity index (χ4v) is 7.75. The Morgan fingerprint density at radius 2 is 1.68 bits per heavy atom. The number of anilines is 1. The molecule has 59 heavy (non-hydrogen) atoms. The van der Waals surface area contributed by atoms with Crippen LogP contribution in [0.15, 0.2) is 79.1 Å². The molecule has 1 unspecified atom stereocenters. The van der Waals surface area contributed by atoms with Crippen LogP contribution in [0.25, 0.3) is 0 Å². The fraction of sp³-hybridized carbons (Fsp3) is 0.395. The number of nitrogens with one attached hydrogen (secondary N) is 1. The minimum absolute atomic E-state index is 0.0404. The van der Waals surface area contributed by atoms with Gasteiger partial charge in [-0.2, -0.15) is 8.78 Å². The molecule has 4 fully saturated rings. The Balaban J connectivity index is 1.05. The van der Waals surface area contributed by atoms with E-state index in [0.29, 0.717) is 53.1 Å². The van der Waals surface area contributed by atoms with Gasteiger partial charge in [0.15, 0.2) is 24.1 Å². The van der Waals surface area contributed by atoms with Crippen molar-refractivity contribution in [2.24, 2.45) is 11.8 Å². The Bertz CT molecular complexity index is 2110. The van der Waals surface area contributed by atoms with Gasteiger partial charge in [0, 0.05) is 31.0 Å². The second kappa shape index (κ2) is 19.3. The molecule has 0 amide bonds. The van der Waals surface area contributed by atoms with E-state index in [1.807, 2.05) is 0 Å². The highest BCUT2D eigenvalue weighted by Crippen LogP contribution is 2.38. The van der Waals surface area contributed by atoms with Crippen molar-refractivity contribution in [2.45, 2.75) is 57.0 Å². The summed E-state index contributed by atoms with van der Waals surface area (Å²) in [5.41, 5.74) is 1.89. The molecular formula is C43H43Cl2F2N3O9. The van der Waals surface area contributed by atoms with Gasteiger partial charge < -0.3 is 33.7 Å². The van der Waals surface area contributed by atoms with Gasteiger partial charge in [-0.05, 0) is 110 Å². The number of esters is 3. The van der Waals surface area contributed by atoms with E-state index in [1.165, 1.54) is 49.8 Å². The van der Waals surface area contributed by atoms with Crippen molar-refractivity contribution in [1.29, 1.82) is 0 Å². The monoisotopic (exact) mass is 853 g/mol. The van der Waals surface area contributed by atoms with E-state index < -0.39 is 43.3 Å². The summed E-state index contributed by atoms with van der Waals surface area (Å²) in [6, 6.07) is 16.7. The van der Waals surface area contributed by atoms with E-state index >= 15 is 0 Å². The lowest BCUT2D eigenvalue weighted by atomic mass is 9.86. The van der Waals surface area contributed by atoms with E-state index in [2.05, 4.69) is 19.9 Å². The third kappa shape index (κ3) is 11.1. The van der Waals surface area contributed by atoms with E-state index in [4.69, 9.17) is 46.9 Å². The molecule has 16 heteroatoms. The Labute approximate surface area is 350 Å². The molecule has 0 spiro atoms. The zero-order chi connectivity index (χ0) is 41.5. The molecule has 2 bridgehead atoms. The lowest BCUT2D eigenvalue weighted by Crippen LogP contribution is -2.52. The quantitative estimate of drug-likeness (QED) is 0.0763. The van der Waals surface area contributed by atoms with Gasteiger partial charge >= 0.3 is 24.5 Å². The first-order chi connectivity index (χ1) is 28.5. The van der Waals surface area contributed by atoms with Crippen LogP contribution in [0.4, 0.5) is 14.5 Å². The van der Waals surface area contributed by atoms with Gasteiger partial charge in [0.1, 0.15) is 18.0 Å². The Hall–Kier alpha value is -5.18. The number of carbonyl (C=O) groups excluding carboxylic acids is 3. The van der Waals surface area contributed by atoms with Crippen molar-refractivity contribution in [3.05, 3.63) is 111 Å². The first-order valence-corrected chi connectivity index (χ1v) is 20.1. The first kappa shape index (κ1) is 42.0. The predicted molar refractivity (Wildman–Crippen MR) is 213 cm³/mol. The number of piperidine rings is 3. The van der Waals surface area contributed by atoms with Crippen LogP contribution in [0.3, 0.4) is 0 Å². The number of hydrogen-bond donors (Lipinski definition) is 1. The Morgan fingerprint density at radius 1 is 0.915 bits per heavy atom. The van der Waals surface area contributed by atoms with Crippen LogP contribution >= 0.6 is 23.2 Å². The second-order valence-corrected chi connectivity index (χ2v) is 15.5. The number of halogens is 4. The van der Waals surface area contributed by atoms with Gasteiger partial charge in [0.25, 0.3) is 0 Å². The molecule has 1 aliphatic carbocycles. The van der Waals surface area contributed by atoms with Crippen molar-refractivity contribution in [3.8, 4) is 17.2 Å². The molecule has 1 saturated carbocycles. The van der Waals surface area contributed by atoms with Crippen molar-refractivity contribution in [2.75, 3.05) is 45.3 Å². The molecule has 3 aliphatic heterocycles. The van der Waals surface area contributed by atoms with Crippen LogP contribution in [0.1, 0.15) is 64.9 Å². The summed E-state index contributed by atoms with van der Waals surface area (Å²) in [5.74, 6) is -1.18. The zero-order valence-electron chi connectivity index (χ0n) is 32.1. The van der Waals surface area contributed by atoms with E-state index in [9.17, 15) is 23.2 Å². The fourth-order valence-electron chi connectivity index (χ4n) is 7.23. The summed E-state index contributed by atoms with van der Waals surface area (Å²) < 4.78 is 59.8. The Morgan fingerprint density at radius 3 is 2.37 bits per heavy atom. The van der Waals surface area contributed by atoms with Crippen LogP contribution in [0, 0.1) is 11.8 Å². The maximum absolute atomic E-state index is 13.8. The smallest absolute Gasteiger partial charge is 0.387 e. The number of pyridine rings is 1. The van der Waals surface area contributed by atoms with Gasteiger partial charge in [-0.25, -0.2) is 14.4 Å². The first-order valence-electron chi connectivity index (χ1n) is 19.3.